The van der Waals surface area contributed by atoms with Crippen LogP contribution < -0.4 is 0 Å². The van der Waals surface area contributed by atoms with E-state index in [1.54, 1.807) is 18.2 Å². The smallest absolute Gasteiger partial charge is 0.336 e. The number of carbonyl (C=O) groups excluding carboxylic acids is 1. The summed E-state index contributed by atoms with van der Waals surface area (Å²) in [6.07, 6.45) is 0. The van der Waals surface area contributed by atoms with Crippen LogP contribution in [0.3, 0.4) is 0 Å². The SMILES string of the molecule is [2H]OC(=O)c1c([2H])c([2H])c([2H])c([2H])c1C(=O)c1ccccc1. The van der Waals surface area contributed by atoms with Crippen molar-refractivity contribution in [3.05, 3.63) is 71.2 Å². The highest BCUT2D eigenvalue weighted by molar-refractivity contribution is 6.14. The lowest BCUT2D eigenvalue weighted by atomic mass is 9.98. The Bertz CT molecular complexity index is 759. The molecule has 0 unspecified atom stereocenters. The molecule has 0 heterocycles. The van der Waals surface area contributed by atoms with Crippen LogP contribution >= 0.6 is 0 Å². The summed E-state index contributed by atoms with van der Waals surface area (Å²) in [7, 11) is 0. The van der Waals surface area contributed by atoms with E-state index < -0.39 is 47.0 Å². The van der Waals surface area contributed by atoms with Gasteiger partial charge in [-0.2, -0.15) is 0 Å². The second-order valence-corrected chi connectivity index (χ2v) is 3.23. The second-order valence-electron chi connectivity index (χ2n) is 3.23. The van der Waals surface area contributed by atoms with Gasteiger partial charge in [-0.05, 0) is 6.04 Å². The van der Waals surface area contributed by atoms with Crippen molar-refractivity contribution in [3.8, 4) is 0 Å². The molecule has 17 heavy (non-hydrogen) atoms. The van der Waals surface area contributed by atoms with E-state index in [2.05, 4.69) is 5.11 Å². The van der Waals surface area contributed by atoms with Crippen LogP contribution in [0.4, 0.5) is 0 Å². The molecule has 0 fully saturated rings. The molecule has 0 aliphatic heterocycles. The molecule has 2 rings (SSSR count). The Kier molecular flexibility index (Phi) is 1.72. The number of hydrogen-bond acceptors (Lipinski definition) is 3. The third kappa shape index (κ3) is 2.23. The fraction of sp³-hybridized carbons (Fsp3) is 0. The molecule has 1 N–H and O–H groups in total. The van der Waals surface area contributed by atoms with E-state index in [4.69, 9.17) is 6.91 Å². The lowest BCUT2D eigenvalue weighted by molar-refractivity contribution is 0.0693. The van der Waals surface area contributed by atoms with Gasteiger partial charge in [-0.3, -0.25) is 4.79 Å². The van der Waals surface area contributed by atoms with Crippen molar-refractivity contribution in [3.63, 3.8) is 0 Å². The summed E-state index contributed by atoms with van der Waals surface area (Å²) in [5.74, 6) is -2.06. The van der Waals surface area contributed by atoms with Crippen molar-refractivity contribution < 1.29 is 20.2 Å². The van der Waals surface area contributed by atoms with Gasteiger partial charge < -0.3 is 5.11 Å². The molecular weight excluding hydrogens is 216 g/mol. The topological polar surface area (TPSA) is 54.4 Å². The Labute approximate surface area is 105 Å². The fourth-order valence-corrected chi connectivity index (χ4v) is 1.37. The van der Waals surface area contributed by atoms with Crippen LogP contribution in [-0.4, -0.2) is 16.9 Å². The summed E-state index contributed by atoms with van der Waals surface area (Å²) >= 11 is 0. The van der Waals surface area contributed by atoms with Crippen molar-refractivity contribution in [2.75, 3.05) is 0 Å². The number of carbonyl (C=O) groups is 2. The summed E-state index contributed by atoms with van der Waals surface area (Å²) in [4.78, 5) is 24.2. The van der Waals surface area contributed by atoms with E-state index in [1.807, 2.05) is 0 Å². The van der Waals surface area contributed by atoms with Gasteiger partial charge in [0.2, 0.25) is 0 Å². The Morgan fingerprint density at radius 1 is 1.06 bits per heavy atom. The van der Waals surface area contributed by atoms with Gasteiger partial charge in [0.05, 0.1) is 11.0 Å². The van der Waals surface area contributed by atoms with Gasteiger partial charge in [-0.25, -0.2) is 4.79 Å². The van der Waals surface area contributed by atoms with E-state index in [1.165, 1.54) is 12.1 Å². The first kappa shape index (κ1) is 6.35. The molecule has 84 valence electrons. The Hall–Kier alpha value is -2.42. The van der Waals surface area contributed by atoms with E-state index in [0.29, 0.717) is 0 Å². The number of carboxylic acid groups (broad SMARTS) is 1. The monoisotopic (exact) mass is 231 g/mol. The zero-order valence-corrected chi connectivity index (χ0v) is 8.61. The first-order valence-electron chi connectivity index (χ1n) is 7.18. The normalized spacial score (nSPS) is 13.8. The zero-order valence-electron chi connectivity index (χ0n) is 13.6. The van der Waals surface area contributed by atoms with E-state index in [9.17, 15) is 9.59 Å². The minimum absolute atomic E-state index is 0.159. The van der Waals surface area contributed by atoms with Crippen LogP contribution in [0, 0.1) is 0 Å². The minimum Gasteiger partial charge on any atom is -0.478 e. The lowest BCUT2D eigenvalue weighted by Crippen LogP contribution is -2.09. The molecule has 0 spiro atoms. The summed E-state index contributed by atoms with van der Waals surface area (Å²) in [6, 6.07) is 5.10. The summed E-state index contributed by atoms with van der Waals surface area (Å²) in [6.45, 7) is 0. The predicted octanol–water partition coefficient (Wildman–Crippen LogP) is 2.62. The van der Waals surface area contributed by atoms with Crippen molar-refractivity contribution in [2.45, 2.75) is 0 Å². The first-order valence-corrected chi connectivity index (χ1v) is 4.77. The van der Waals surface area contributed by atoms with E-state index in [0.717, 1.165) is 0 Å². The van der Waals surface area contributed by atoms with Gasteiger partial charge >= 0.3 is 5.97 Å². The molecule has 0 aliphatic rings. The highest BCUT2D eigenvalue weighted by Crippen LogP contribution is 2.14. The largest absolute Gasteiger partial charge is 0.478 e. The minimum atomic E-state index is -1.31. The Morgan fingerprint density at radius 2 is 1.71 bits per heavy atom. The van der Waals surface area contributed by atoms with Gasteiger partial charge in [0.25, 0.3) is 1.43 Å². The maximum Gasteiger partial charge on any atom is 0.336 e. The van der Waals surface area contributed by atoms with Crippen LogP contribution in [0.25, 0.3) is 1.43 Å². The van der Waals surface area contributed by atoms with Crippen LogP contribution in [0.1, 0.15) is 31.8 Å². The van der Waals surface area contributed by atoms with Crippen molar-refractivity contribution in [2.24, 2.45) is 0 Å². The molecule has 0 bridgehead atoms. The fourth-order valence-electron chi connectivity index (χ4n) is 1.37. The van der Waals surface area contributed by atoms with Crippen LogP contribution in [0.2, 0.25) is 0 Å². The lowest BCUT2D eigenvalue weighted by Gasteiger charge is -2.04. The highest BCUT2D eigenvalue weighted by atomic mass is 16.4. The third-order valence-electron chi connectivity index (χ3n) is 2.15. The van der Waals surface area contributed by atoms with Gasteiger partial charge in [0.15, 0.2) is 5.78 Å². The maximum absolute atomic E-state index is 12.5. The molecule has 2 aromatic rings. The number of aromatic carboxylic acids is 1. The maximum atomic E-state index is 12.5. The van der Waals surface area contributed by atoms with Crippen LogP contribution in [0.15, 0.2) is 54.5 Å². The van der Waals surface area contributed by atoms with Crippen molar-refractivity contribution >= 4 is 11.8 Å². The number of ketones is 1. The van der Waals surface area contributed by atoms with Crippen molar-refractivity contribution in [1.29, 1.82) is 1.43 Å². The zero-order chi connectivity index (χ0) is 16.4. The van der Waals surface area contributed by atoms with E-state index in [-0.39, 0.29) is 5.56 Å². The quantitative estimate of drug-likeness (QED) is 0.826. The average Bonchev–Trinajstić information content (AvgIpc) is 2.55. The number of rotatable bonds is 3. The molecule has 0 atom stereocenters. The van der Waals surface area contributed by atoms with Crippen LogP contribution in [0.5, 0.6) is 0 Å². The van der Waals surface area contributed by atoms with Crippen molar-refractivity contribution in [1.82, 2.24) is 0 Å². The molecule has 0 radical (unpaired) electrons. The number of hydrogen-bond donors (Lipinski definition) is 1. The molecule has 3 heteroatoms. The second kappa shape index (κ2) is 4.61. The van der Waals surface area contributed by atoms with Gasteiger partial charge in [-0.15, -0.1) is 0 Å². The summed E-state index contributed by atoms with van der Waals surface area (Å²) < 4.78 is 37.4. The molecule has 0 aliphatic carbocycles. The molecule has 3 nitrogen and oxygen atoms in total. The van der Waals surface area contributed by atoms with Crippen LogP contribution in [-0.2, 0) is 0 Å². The standard InChI is InChI=1S/C14H10O3/c15-13(10-6-2-1-3-7-10)11-8-4-5-9-12(11)14(16)17/h1-9H,(H,16,17)/i4D,5D,8D,9D/hD. The third-order valence-corrected chi connectivity index (χ3v) is 2.15. The molecule has 0 saturated heterocycles. The number of carboxylic acids is 1. The molecular formula is C14H10O3. The van der Waals surface area contributed by atoms with Gasteiger partial charge in [0.1, 0.15) is 0 Å². The molecule has 2 aromatic carbocycles. The molecule has 0 amide bonds. The molecule has 0 saturated carbocycles. The number of benzene rings is 2. The summed E-state index contributed by atoms with van der Waals surface area (Å²) in [5, 5.41) is 3.80. The first-order chi connectivity index (χ1) is 10.4. The Balaban J connectivity index is 2.79. The van der Waals surface area contributed by atoms with Gasteiger partial charge in [0, 0.05) is 11.1 Å². The Morgan fingerprint density at radius 3 is 2.35 bits per heavy atom. The van der Waals surface area contributed by atoms with Gasteiger partial charge in [-0.1, -0.05) is 48.5 Å². The molecule has 0 aromatic heterocycles. The highest BCUT2D eigenvalue weighted by Gasteiger charge is 2.16. The predicted molar refractivity (Wildman–Crippen MR) is 63.3 cm³/mol. The average molecular weight is 231 g/mol. The summed E-state index contributed by atoms with van der Waals surface area (Å²) in [5.41, 5.74) is -0.990. The van der Waals surface area contributed by atoms with E-state index >= 15 is 0 Å².